The van der Waals surface area contributed by atoms with Crippen LogP contribution in [0.25, 0.3) is 0 Å². The predicted octanol–water partition coefficient (Wildman–Crippen LogP) is 3.96. The van der Waals surface area contributed by atoms with E-state index in [1.54, 1.807) is 17.0 Å². The van der Waals surface area contributed by atoms with Crippen molar-refractivity contribution in [2.45, 2.75) is 31.3 Å². The maximum absolute atomic E-state index is 13.3. The molecule has 1 aromatic carbocycles. The molecule has 3 aromatic rings. The molecule has 0 aliphatic heterocycles. The Morgan fingerprint density at radius 1 is 1.10 bits per heavy atom. The highest BCUT2D eigenvalue weighted by atomic mass is 35.5. The summed E-state index contributed by atoms with van der Waals surface area (Å²) < 4.78 is 32.9. The van der Waals surface area contributed by atoms with E-state index >= 15 is 0 Å². The van der Waals surface area contributed by atoms with Gasteiger partial charge in [-0.2, -0.15) is 4.31 Å². The number of amides is 1. The third-order valence-electron chi connectivity index (χ3n) is 4.38. The number of benzene rings is 1. The van der Waals surface area contributed by atoms with E-state index in [1.807, 2.05) is 44.2 Å². The van der Waals surface area contributed by atoms with Crippen LogP contribution in [0.1, 0.15) is 19.6 Å². The van der Waals surface area contributed by atoms with Crippen LogP contribution in [-0.2, 0) is 21.4 Å². The van der Waals surface area contributed by atoms with E-state index in [2.05, 4.69) is 4.98 Å². The van der Waals surface area contributed by atoms with Gasteiger partial charge in [-0.15, -0.1) is 0 Å². The van der Waals surface area contributed by atoms with Crippen LogP contribution < -0.4 is 4.90 Å². The number of hydrogen-bond donors (Lipinski definition) is 0. The minimum atomic E-state index is -4.03. The normalized spacial score (nSPS) is 11.8. The van der Waals surface area contributed by atoms with Crippen LogP contribution in [0.5, 0.6) is 0 Å². The SMILES string of the molecule is CC(C)N(C(=O)CN(Cc1ccco1)S(=O)(=O)c1ccc(Cl)nc1)c1ccccc1. The predicted molar refractivity (Wildman–Crippen MR) is 115 cm³/mol. The molecule has 0 spiro atoms. The number of nitrogens with zero attached hydrogens (tertiary/aromatic N) is 3. The molecule has 0 bridgehead atoms. The fraction of sp³-hybridized carbons (Fsp3) is 0.238. The molecule has 0 saturated heterocycles. The lowest BCUT2D eigenvalue weighted by Crippen LogP contribution is -2.45. The van der Waals surface area contributed by atoms with Crippen molar-refractivity contribution in [2.75, 3.05) is 11.4 Å². The number of pyridine rings is 1. The summed E-state index contributed by atoms with van der Waals surface area (Å²) in [5.74, 6) is 0.0670. The molecule has 7 nitrogen and oxygen atoms in total. The number of halogens is 1. The number of aromatic nitrogens is 1. The number of para-hydroxylation sites is 1. The lowest BCUT2D eigenvalue weighted by atomic mass is 10.2. The Morgan fingerprint density at radius 3 is 2.40 bits per heavy atom. The van der Waals surface area contributed by atoms with Crippen LogP contribution in [0.15, 0.2) is 76.4 Å². The first-order valence-electron chi connectivity index (χ1n) is 9.30. The smallest absolute Gasteiger partial charge is 0.245 e. The molecule has 0 aliphatic carbocycles. The van der Waals surface area contributed by atoms with E-state index in [9.17, 15) is 13.2 Å². The molecule has 2 aromatic heterocycles. The molecule has 0 atom stereocenters. The van der Waals surface area contributed by atoms with Crippen molar-refractivity contribution in [3.8, 4) is 0 Å². The van der Waals surface area contributed by atoms with Crippen molar-refractivity contribution >= 4 is 33.2 Å². The first kappa shape index (κ1) is 22.0. The molecule has 0 fully saturated rings. The third-order valence-corrected chi connectivity index (χ3v) is 6.38. The zero-order valence-corrected chi connectivity index (χ0v) is 18.2. The number of sulfonamides is 1. The Balaban J connectivity index is 1.94. The zero-order chi connectivity index (χ0) is 21.7. The first-order chi connectivity index (χ1) is 14.3. The second-order valence-electron chi connectivity index (χ2n) is 6.86. The van der Waals surface area contributed by atoms with Crippen LogP contribution in [0, 0.1) is 0 Å². The van der Waals surface area contributed by atoms with E-state index < -0.39 is 10.0 Å². The molecular weight excluding hydrogens is 426 g/mol. The molecule has 0 radical (unpaired) electrons. The van der Waals surface area contributed by atoms with Crippen molar-refractivity contribution in [1.29, 1.82) is 0 Å². The fourth-order valence-corrected chi connectivity index (χ4v) is 4.43. The molecule has 9 heteroatoms. The zero-order valence-electron chi connectivity index (χ0n) is 16.6. The summed E-state index contributed by atoms with van der Waals surface area (Å²) in [6, 6.07) is 15.1. The highest BCUT2D eigenvalue weighted by Gasteiger charge is 2.31. The molecule has 0 unspecified atom stereocenters. The Morgan fingerprint density at radius 2 is 1.83 bits per heavy atom. The lowest BCUT2D eigenvalue weighted by Gasteiger charge is -2.29. The monoisotopic (exact) mass is 447 g/mol. The van der Waals surface area contributed by atoms with Gasteiger partial charge >= 0.3 is 0 Å². The quantitative estimate of drug-likeness (QED) is 0.488. The van der Waals surface area contributed by atoms with Gasteiger partial charge in [-0.1, -0.05) is 29.8 Å². The molecule has 0 saturated carbocycles. The first-order valence-corrected chi connectivity index (χ1v) is 11.1. The Kier molecular flexibility index (Phi) is 6.91. The number of furan rings is 1. The van der Waals surface area contributed by atoms with E-state index in [0.29, 0.717) is 11.4 Å². The topological polar surface area (TPSA) is 83.7 Å². The van der Waals surface area contributed by atoms with E-state index in [-0.39, 0.29) is 35.1 Å². The fourth-order valence-electron chi connectivity index (χ4n) is 3.01. The highest BCUT2D eigenvalue weighted by molar-refractivity contribution is 7.89. The number of rotatable bonds is 8. The van der Waals surface area contributed by atoms with Crippen molar-refractivity contribution in [3.05, 3.63) is 78.0 Å². The standard InChI is InChI=1S/C21H22ClN3O4S/c1-16(2)25(17-7-4-3-5-8-17)21(26)15-24(14-18-9-6-12-29-18)30(27,28)19-10-11-20(22)23-13-19/h3-13,16H,14-15H2,1-2H3. The second kappa shape index (κ2) is 9.42. The molecule has 0 N–H and O–H groups in total. The van der Waals surface area contributed by atoms with Gasteiger partial charge in [0.15, 0.2) is 0 Å². The van der Waals surface area contributed by atoms with E-state index in [1.165, 1.54) is 24.6 Å². The minimum absolute atomic E-state index is 0.0536. The van der Waals surface area contributed by atoms with Crippen LogP contribution in [-0.4, -0.2) is 36.2 Å². The highest BCUT2D eigenvalue weighted by Crippen LogP contribution is 2.22. The van der Waals surface area contributed by atoms with E-state index in [0.717, 1.165) is 4.31 Å². The molecule has 158 valence electrons. The van der Waals surface area contributed by atoms with Gasteiger partial charge in [-0.05, 0) is 50.2 Å². The van der Waals surface area contributed by atoms with Crippen LogP contribution in [0.3, 0.4) is 0 Å². The number of carbonyl (C=O) groups excluding carboxylic acids is 1. The van der Waals surface area contributed by atoms with Crippen molar-refractivity contribution in [3.63, 3.8) is 0 Å². The second-order valence-corrected chi connectivity index (χ2v) is 9.19. The van der Waals surface area contributed by atoms with Gasteiger partial charge in [0.1, 0.15) is 15.8 Å². The largest absolute Gasteiger partial charge is 0.468 e. The van der Waals surface area contributed by atoms with Gasteiger partial charge < -0.3 is 9.32 Å². The van der Waals surface area contributed by atoms with Crippen LogP contribution in [0.2, 0.25) is 5.15 Å². The van der Waals surface area contributed by atoms with Gasteiger partial charge in [0.2, 0.25) is 15.9 Å². The number of hydrogen-bond acceptors (Lipinski definition) is 5. The molecule has 1 amide bonds. The number of anilines is 1. The van der Waals surface area contributed by atoms with Gasteiger partial charge in [-0.3, -0.25) is 4.79 Å². The maximum Gasteiger partial charge on any atom is 0.245 e. The van der Waals surface area contributed by atoms with Gasteiger partial charge in [0, 0.05) is 17.9 Å². The summed E-state index contributed by atoms with van der Waals surface area (Å²) in [6.45, 7) is 3.29. The minimum Gasteiger partial charge on any atom is -0.468 e. The van der Waals surface area contributed by atoms with Gasteiger partial charge in [-0.25, -0.2) is 13.4 Å². The molecule has 2 heterocycles. The summed E-state index contributed by atoms with van der Waals surface area (Å²) in [5, 5.41) is 0.178. The average Bonchev–Trinajstić information content (AvgIpc) is 3.22. The summed E-state index contributed by atoms with van der Waals surface area (Å²) >= 11 is 5.79. The molecular formula is C21H22ClN3O4S. The van der Waals surface area contributed by atoms with Crippen molar-refractivity contribution in [2.24, 2.45) is 0 Å². The molecule has 30 heavy (non-hydrogen) atoms. The summed E-state index contributed by atoms with van der Waals surface area (Å²) in [4.78, 5) is 18.6. The molecule has 0 aliphatic rings. The Labute approximate surface area is 180 Å². The van der Waals surface area contributed by atoms with Crippen LogP contribution in [0.4, 0.5) is 5.69 Å². The van der Waals surface area contributed by atoms with Crippen LogP contribution >= 0.6 is 11.6 Å². The van der Waals surface area contributed by atoms with Crippen molar-refractivity contribution < 1.29 is 17.6 Å². The van der Waals surface area contributed by atoms with Gasteiger partial charge in [0.05, 0.1) is 19.4 Å². The van der Waals surface area contributed by atoms with E-state index in [4.69, 9.17) is 16.0 Å². The summed E-state index contributed by atoms with van der Waals surface area (Å²) in [7, 11) is -4.03. The molecule has 3 rings (SSSR count). The summed E-state index contributed by atoms with van der Waals surface area (Å²) in [5.41, 5.74) is 0.695. The lowest BCUT2D eigenvalue weighted by molar-refractivity contribution is -0.119. The maximum atomic E-state index is 13.3. The van der Waals surface area contributed by atoms with Gasteiger partial charge in [0.25, 0.3) is 0 Å². The van der Waals surface area contributed by atoms with Crippen molar-refractivity contribution in [1.82, 2.24) is 9.29 Å². The number of carbonyl (C=O) groups is 1. The Hall–Kier alpha value is -2.68. The Bertz CT molecular complexity index is 1070. The summed E-state index contributed by atoms with van der Waals surface area (Å²) in [6.07, 6.45) is 2.63. The average molecular weight is 448 g/mol. The third kappa shape index (κ3) is 5.08.